The van der Waals surface area contributed by atoms with Crippen molar-refractivity contribution in [2.45, 2.75) is 39.0 Å². The minimum atomic E-state index is 0.446. The van der Waals surface area contributed by atoms with Gasteiger partial charge in [-0.2, -0.15) is 0 Å². The Hall–Kier alpha value is -1.29. The van der Waals surface area contributed by atoms with Crippen LogP contribution in [-0.4, -0.2) is 30.8 Å². The molecule has 0 bridgehead atoms. The molecule has 0 aliphatic rings. The van der Waals surface area contributed by atoms with Crippen molar-refractivity contribution in [1.82, 2.24) is 4.90 Å². The van der Waals surface area contributed by atoms with Crippen LogP contribution in [0.2, 0.25) is 0 Å². The summed E-state index contributed by atoms with van der Waals surface area (Å²) in [6.07, 6.45) is 6.20. The summed E-state index contributed by atoms with van der Waals surface area (Å²) < 4.78 is 11.3. The molecule has 0 aliphatic carbocycles. The van der Waals surface area contributed by atoms with Crippen LogP contribution >= 0.6 is 12.2 Å². The third kappa shape index (κ3) is 6.75. The summed E-state index contributed by atoms with van der Waals surface area (Å²) in [6, 6.07) is 7.61. The van der Waals surface area contributed by atoms with E-state index in [2.05, 4.69) is 6.92 Å². The van der Waals surface area contributed by atoms with E-state index in [4.69, 9.17) is 21.7 Å². The molecule has 0 radical (unpaired) electrons. The number of hydrogen-bond donors (Lipinski definition) is 0. The molecule has 3 nitrogen and oxygen atoms in total. The van der Waals surface area contributed by atoms with Crippen molar-refractivity contribution in [3.8, 4) is 11.5 Å². The second-order valence-corrected chi connectivity index (χ2v) is 5.35. The SMILES string of the molecule is CCCCCCCOc1cccc(OC(=S)N(C)C)c1. The summed E-state index contributed by atoms with van der Waals surface area (Å²) in [5.74, 6) is 1.55. The van der Waals surface area contributed by atoms with Crippen LogP contribution in [0.5, 0.6) is 11.5 Å². The van der Waals surface area contributed by atoms with Gasteiger partial charge in [0.2, 0.25) is 0 Å². The van der Waals surface area contributed by atoms with Crippen LogP contribution in [-0.2, 0) is 0 Å². The van der Waals surface area contributed by atoms with E-state index in [1.54, 1.807) is 4.90 Å². The van der Waals surface area contributed by atoms with Gasteiger partial charge in [0.05, 0.1) is 6.61 Å². The van der Waals surface area contributed by atoms with Gasteiger partial charge in [-0.25, -0.2) is 0 Å². The van der Waals surface area contributed by atoms with Crippen molar-refractivity contribution < 1.29 is 9.47 Å². The fraction of sp³-hybridized carbons (Fsp3) is 0.562. The maximum absolute atomic E-state index is 5.73. The molecule has 0 saturated heterocycles. The van der Waals surface area contributed by atoms with Gasteiger partial charge in [0.25, 0.3) is 5.17 Å². The first kappa shape index (κ1) is 16.8. The molecule has 0 spiro atoms. The maximum Gasteiger partial charge on any atom is 0.264 e. The van der Waals surface area contributed by atoms with Gasteiger partial charge in [-0.1, -0.05) is 38.7 Å². The number of hydrogen-bond acceptors (Lipinski definition) is 3. The average molecular weight is 295 g/mol. The van der Waals surface area contributed by atoms with E-state index in [0.717, 1.165) is 18.8 Å². The molecule has 0 heterocycles. The van der Waals surface area contributed by atoms with Crippen molar-refractivity contribution in [3.63, 3.8) is 0 Å². The van der Waals surface area contributed by atoms with Crippen LogP contribution in [0.1, 0.15) is 39.0 Å². The second kappa shape index (κ2) is 9.59. The van der Waals surface area contributed by atoms with Gasteiger partial charge in [-0.05, 0) is 30.8 Å². The van der Waals surface area contributed by atoms with Gasteiger partial charge >= 0.3 is 0 Å². The van der Waals surface area contributed by atoms with Crippen LogP contribution in [0.25, 0.3) is 0 Å². The molecule has 1 aromatic rings. The highest BCUT2D eigenvalue weighted by atomic mass is 32.1. The monoisotopic (exact) mass is 295 g/mol. The van der Waals surface area contributed by atoms with Gasteiger partial charge < -0.3 is 14.4 Å². The van der Waals surface area contributed by atoms with Crippen LogP contribution in [0.15, 0.2) is 24.3 Å². The van der Waals surface area contributed by atoms with E-state index in [1.165, 1.54) is 25.7 Å². The van der Waals surface area contributed by atoms with E-state index in [1.807, 2.05) is 38.4 Å². The zero-order chi connectivity index (χ0) is 14.8. The predicted octanol–water partition coefficient (Wildman–Crippen LogP) is 4.26. The van der Waals surface area contributed by atoms with Crippen LogP contribution in [0.3, 0.4) is 0 Å². The van der Waals surface area contributed by atoms with E-state index in [0.29, 0.717) is 10.9 Å². The fourth-order valence-corrected chi connectivity index (χ4v) is 1.81. The smallest absolute Gasteiger partial charge is 0.264 e. The molecule has 0 saturated carbocycles. The molecule has 0 amide bonds. The molecule has 0 atom stereocenters. The molecule has 0 unspecified atom stereocenters. The summed E-state index contributed by atoms with van der Waals surface area (Å²) in [5, 5.41) is 0.446. The van der Waals surface area contributed by atoms with Crippen molar-refractivity contribution >= 4 is 17.4 Å². The second-order valence-electron chi connectivity index (χ2n) is 5.00. The summed E-state index contributed by atoms with van der Waals surface area (Å²) in [6.45, 7) is 2.98. The highest BCUT2D eigenvalue weighted by molar-refractivity contribution is 7.80. The topological polar surface area (TPSA) is 21.7 Å². The number of nitrogens with zero attached hydrogens (tertiary/aromatic N) is 1. The molecule has 1 rings (SSSR count). The fourth-order valence-electron chi connectivity index (χ4n) is 1.72. The average Bonchev–Trinajstić information content (AvgIpc) is 2.43. The first-order valence-corrected chi connectivity index (χ1v) is 7.66. The van der Waals surface area contributed by atoms with E-state index < -0.39 is 0 Å². The summed E-state index contributed by atoms with van der Waals surface area (Å²) >= 11 is 5.11. The lowest BCUT2D eigenvalue weighted by molar-refractivity contribution is 0.303. The zero-order valence-corrected chi connectivity index (χ0v) is 13.5. The zero-order valence-electron chi connectivity index (χ0n) is 12.7. The molecule has 0 fully saturated rings. The molecule has 0 aromatic heterocycles. The first-order chi connectivity index (χ1) is 9.63. The maximum atomic E-state index is 5.73. The van der Waals surface area contributed by atoms with Gasteiger partial charge in [0.1, 0.15) is 11.5 Å². The number of rotatable bonds is 8. The summed E-state index contributed by atoms with van der Waals surface area (Å²) in [4.78, 5) is 1.76. The Bertz CT molecular complexity index is 407. The summed E-state index contributed by atoms with van der Waals surface area (Å²) in [5.41, 5.74) is 0. The Morgan fingerprint density at radius 2 is 1.80 bits per heavy atom. The van der Waals surface area contributed by atoms with Gasteiger partial charge in [0.15, 0.2) is 0 Å². The van der Waals surface area contributed by atoms with Crippen molar-refractivity contribution in [1.29, 1.82) is 0 Å². The van der Waals surface area contributed by atoms with E-state index >= 15 is 0 Å². The lowest BCUT2D eigenvalue weighted by atomic mass is 10.2. The van der Waals surface area contributed by atoms with Gasteiger partial charge in [-0.15, -0.1) is 0 Å². The molecular weight excluding hydrogens is 270 g/mol. The van der Waals surface area contributed by atoms with Crippen molar-refractivity contribution in [2.24, 2.45) is 0 Å². The Morgan fingerprint density at radius 3 is 2.50 bits per heavy atom. The third-order valence-corrected chi connectivity index (χ3v) is 3.34. The third-order valence-electron chi connectivity index (χ3n) is 2.89. The molecule has 0 aliphatic heterocycles. The van der Waals surface area contributed by atoms with Crippen molar-refractivity contribution in [3.05, 3.63) is 24.3 Å². The lowest BCUT2D eigenvalue weighted by Crippen LogP contribution is -2.24. The molecule has 112 valence electrons. The molecule has 1 aromatic carbocycles. The largest absolute Gasteiger partial charge is 0.493 e. The number of benzene rings is 1. The van der Waals surface area contributed by atoms with Gasteiger partial charge in [0, 0.05) is 20.2 Å². The normalized spacial score (nSPS) is 10.2. The predicted molar refractivity (Wildman–Crippen MR) is 87.6 cm³/mol. The van der Waals surface area contributed by atoms with Crippen LogP contribution in [0.4, 0.5) is 0 Å². The Balaban J connectivity index is 2.34. The first-order valence-electron chi connectivity index (χ1n) is 7.25. The Kier molecular flexibility index (Phi) is 8.04. The quantitative estimate of drug-likeness (QED) is 0.527. The van der Waals surface area contributed by atoms with Gasteiger partial charge in [-0.3, -0.25) is 0 Å². The highest BCUT2D eigenvalue weighted by Gasteiger charge is 2.03. The Morgan fingerprint density at radius 1 is 1.10 bits per heavy atom. The molecule has 20 heavy (non-hydrogen) atoms. The minimum absolute atomic E-state index is 0.446. The Labute approximate surface area is 127 Å². The standard InChI is InChI=1S/C16H25NO2S/c1-4-5-6-7-8-12-18-14-10-9-11-15(13-14)19-16(20)17(2)3/h9-11,13H,4-8,12H2,1-3H3. The molecular formula is C16H25NO2S. The minimum Gasteiger partial charge on any atom is -0.493 e. The van der Waals surface area contributed by atoms with Crippen LogP contribution < -0.4 is 9.47 Å². The van der Waals surface area contributed by atoms with E-state index in [-0.39, 0.29) is 0 Å². The van der Waals surface area contributed by atoms with Crippen molar-refractivity contribution in [2.75, 3.05) is 20.7 Å². The lowest BCUT2D eigenvalue weighted by Gasteiger charge is -2.14. The highest BCUT2D eigenvalue weighted by Crippen LogP contribution is 2.20. The number of unbranched alkanes of at least 4 members (excludes halogenated alkanes) is 4. The molecule has 4 heteroatoms. The summed E-state index contributed by atoms with van der Waals surface area (Å²) in [7, 11) is 3.72. The van der Waals surface area contributed by atoms with Crippen LogP contribution in [0, 0.1) is 0 Å². The number of thiocarbonyl (C=S) groups is 1. The number of ether oxygens (including phenoxy) is 2. The van der Waals surface area contributed by atoms with E-state index in [9.17, 15) is 0 Å². The molecule has 0 N–H and O–H groups in total.